The summed E-state index contributed by atoms with van der Waals surface area (Å²) in [4.78, 5) is 19.4. The van der Waals surface area contributed by atoms with Gasteiger partial charge in [-0.05, 0) is 48.7 Å². The van der Waals surface area contributed by atoms with E-state index in [4.69, 9.17) is 9.72 Å². The average Bonchev–Trinajstić information content (AvgIpc) is 3.32. The summed E-state index contributed by atoms with van der Waals surface area (Å²) in [6.07, 6.45) is 5.48. The maximum atomic E-state index is 12.8. The minimum Gasteiger partial charge on any atom is -0.497 e. The molecule has 0 saturated carbocycles. The number of likely N-dealkylation sites (tertiary alicyclic amines) is 1. The Kier molecular flexibility index (Phi) is 4.71. The highest BCUT2D eigenvalue weighted by Crippen LogP contribution is 2.36. The molecule has 132 valence electrons. The highest BCUT2D eigenvalue weighted by atomic mass is 32.1. The molecule has 26 heavy (non-hydrogen) atoms. The van der Waals surface area contributed by atoms with E-state index in [-0.39, 0.29) is 11.9 Å². The van der Waals surface area contributed by atoms with Gasteiger partial charge in [0, 0.05) is 12.6 Å². The van der Waals surface area contributed by atoms with E-state index in [9.17, 15) is 4.79 Å². The van der Waals surface area contributed by atoms with Crippen LogP contribution in [-0.4, -0.2) is 29.4 Å². The van der Waals surface area contributed by atoms with Gasteiger partial charge in [-0.3, -0.25) is 4.79 Å². The molecule has 2 aromatic carbocycles. The van der Waals surface area contributed by atoms with Crippen molar-refractivity contribution in [2.24, 2.45) is 0 Å². The predicted octanol–water partition coefficient (Wildman–Crippen LogP) is 4.68. The van der Waals surface area contributed by atoms with Crippen molar-refractivity contribution in [1.29, 1.82) is 0 Å². The van der Waals surface area contributed by atoms with Gasteiger partial charge in [-0.25, -0.2) is 4.98 Å². The molecule has 0 N–H and O–H groups in total. The van der Waals surface area contributed by atoms with Gasteiger partial charge in [0.15, 0.2) is 0 Å². The topological polar surface area (TPSA) is 42.4 Å². The monoisotopic (exact) mass is 364 g/mol. The number of methoxy groups -OCH3 is 1. The quantitative estimate of drug-likeness (QED) is 0.631. The Morgan fingerprint density at radius 3 is 3.00 bits per heavy atom. The molecule has 0 aliphatic carbocycles. The van der Waals surface area contributed by atoms with Crippen LogP contribution < -0.4 is 4.74 Å². The molecule has 0 spiro atoms. The van der Waals surface area contributed by atoms with Crippen molar-refractivity contribution in [3.63, 3.8) is 0 Å². The van der Waals surface area contributed by atoms with Crippen LogP contribution in [0, 0.1) is 0 Å². The lowest BCUT2D eigenvalue weighted by Gasteiger charge is -2.21. The van der Waals surface area contributed by atoms with Crippen LogP contribution >= 0.6 is 11.3 Å². The number of carbonyl (C=O) groups is 1. The lowest BCUT2D eigenvalue weighted by molar-refractivity contribution is -0.126. The summed E-state index contributed by atoms with van der Waals surface area (Å²) in [7, 11) is 1.64. The number of nitrogens with zero attached hydrogens (tertiary/aromatic N) is 2. The number of thiazole rings is 1. The maximum Gasteiger partial charge on any atom is 0.247 e. The van der Waals surface area contributed by atoms with Crippen molar-refractivity contribution in [1.82, 2.24) is 9.88 Å². The summed E-state index contributed by atoms with van der Waals surface area (Å²) < 4.78 is 6.40. The van der Waals surface area contributed by atoms with Crippen LogP contribution in [-0.2, 0) is 4.79 Å². The Labute approximate surface area is 156 Å². The van der Waals surface area contributed by atoms with E-state index in [2.05, 4.69) is 6.07 Å². The molecule has 4 rings (SSSR count). The second-order valence-corrected chi connectivity index (χ2v) is 7.38. The zero-order chi connectivity index (χ0) is 17.9. The van der Waals surface area contributed by atoms with Crippen molar-refractivity contribution < 1.29 is 9.53 Å². The normalized spacial score (nSPS) is 17.3. The van der Waals surface area contributed by atoms with Crippen molar-refractivity contribution in [2.45, 2.75) is 18.9 Å². The fourth-order valence-electron chi connectivity index (χ4n) is 3.33. The van der Waals surface area contributed by atoms with E-state index >= 15 is 0 Å². The highest BCUT2D eigenvalue weighted by molar-refractivity contribution is 7.18. The molecular weight excluding hydrogens is 344 g/mol. The average molecular weight is 364 g/mol. The van der Waals surface area contributed by atoms with Gasteiger partial charge in [0.1, 0.15) is 10.8 Å². The van der Waals surface area contributed by atoms with Gasteiger partial charge in [-0.2, -0.15) is 0 Å². The molecule has 1 aromatic heterocycles. The SMILES string of the molecule is COc1cccc(/C=C\C(=O)N2CCC[C@@H]2c2nc3ccccc3s2)c1. The Morgan fingerprint density at radius 2 is 2.15 bits per heavy atom. The van der Waals surface area contributed by atoms with Crippen LogP contribution in [0.1, 0.15) is 29.5 Å². The van der Waals surface area contributed by atoms with E-state index in [1.165, 1.54) is 4.70 Å². The van der Waals surface area contributed by atoms with Crippen molar-refractivity contribution in [3.8, 4) is 5.75 Å². The number of rotatable bonds is 4. The van der Waals surface area contributed by atoms with Crippen LogP contribution in [0.5, 0.6) is 5.75 Å². The largest absolute Gasteiger partial charge is 0.497 e. The molecule has 1 amide bonds. The molecule has 0 radical (unpaired) electrons. The number of aromatic nitrogens is 1. The Bertz CT molecular complexity index is 930. The van der Waals surface area contributed by atoms with Crippen LogP contribution in [0.15, 0.2) is 54.6 Å². The Balaban J connectivity index is 1.53. The number of amides is 1. The van der Waals surface area contributed by atoms with Crippen LogP contribution in [0.2, 0.25) is 0 Å². The van der Waals surface area contributed by atoms with Crippen LogP contribution in [0.4, 0.5) is 0 Å². The number of para-hydroxylation sites is 1. The number of hydrogen-bond acceptors (Lipinski definition) is 4. The second-order valence-electron chi connectivity index (χ2n) is 6.32. The van der Waals surface area contributed by atoms with Gasteiger partial charge in [-0.15, -0.1) is 11.3 Å². The third-order valence-electron chi connectivity index (χ3n) is 4.64. The van der Waals surface area contributed by atoms with Gasteiger partial charge in [-0.1, -0.05) is 24.3 Å². The summed E-state index contributed by atoms with van der Waals surface area (Å²) in [5, 5.41) is 1.03. The first-order valence-electron chi connectivity index (χ1n) is 8.73. The lowest BCUT2D eigenvalue weighted by Crippen LogP contribution is -2.28. The fraction of sp³-hybridized carbons (Fsp3) is 0.238. The molecule has 0 bridgehead atoms. The van der Waals surface area contributed by atoms with Crippen molar-refractivity contribution in [3.05, 3.63) is 65.2 Å². The van der Waals surface area contributed by atoms with Gasteiger partial charge in [0.25, 0.3) is 0 Å². The minimum absolute atomic E-state index is 0.0366. The van der Waals surface area contributed by atoms with E-state index in [1.807, 2.05) is 53.4 Å². The number of hydrogen-bond donors (Lipinski definition) is 0. The van der Waals surface area contributed by atoms with Crippen LogP contribution in [0.25, 0.3) is 16.3 Å². The van der Waals surface area contributed by atoms with E-state index < -0.39 is 0 Å². The first-order valence-corrected chi connectivity index (χ1v) is 9.54. The number of carbonyl (C=O) groups excluding carboxylic acids is 1. The molecule has 0 unspecified atom stereocenters. The van der Waals surface area contributed by atoms with Crippen molar-refractivity contribution >= 4 is 33.5 Å². The third kappa shape index (κ3) is 3.35. The molecule has 1 saturated heterocycles. The number of fused-ring (bicyclic) bond motifs is 1. The molecule has 2 heterocycles. The maximum absolute atomic E-state index is 12.8. The molecule has 3 aromatic rings. The zero-order valence-corrected chi connectivity index (χ0v) is 15.4. The third-order valence-corrected chi connectivity index (χ3v) is 5.78. The Hall–Kier alpha value is -2.66. The number of benzene rings is 2. The Morgan fingerprint density at radius 1 is 1.27 bits per heavy atom. The first-order chi connectivity index (χ1) is 12.7. The van der Waals surface area contributed by atoms with E-state index in [1.54, 1.807) is 24.5 Å². The van der Waals surface area contributed by atoms with Crippen molar-refractivity contribution in [2.75, 3.05) is 13.7 Å². The van der Waals surface area contributed by atoms with Gasteiger partial charge < -0.3 is 9.64 Å². The molecule has 5 heteroatoms. The summed E-state index contributed by atoms with van der Waals surface area (Å²) in [5.74, 6) is 0.822. The van der Waals surface area contributed by atoms with Gasteiger partial charge in [0.05, 0.1) is 23.4 Å². The van der Waals surface area contributed by atoms with Crippen LogP contribution in [0.3, 0.4) is 0 Å². The summed E-state index contributed by atoms with van der Waals surface area (Å²) in [5.41, 5.74) is 1.96. The summed E-state index contributed by atoms with van der Waals surface area (Å²) in [6.45, 7) is 0.780. The highest BCUT2D eigenvalue weighted by Gasteiger charge is 2.31. The first kappa shape index (κ1) is 16.8. The second kappa shape index (κ2) is 7.30. The zero-order valence-electron chi connectivity index (χ0n) is 14.6. The molecular formula is C21H20N2O2S. The molecule has 1 aliphatic heterocycles. The molecule has 1 fully saturated rings. The standard InChI is InChI=1S/C21H20N2O2S/c1-25-16-7-4-6-15(14-16)11-12-20(24)23-13-5-9-18(23)21-22-17-8-2-3-10-19(17)26-21/h2-4,6-8,10-12,14,18H,5,9,13H2,1H3/b12-11-/t18-/m1/s1. The smallest absolute Gasteiger partial charge is 0.247 e. The predicted molar refractivity (Wildman–Crippen MR) is 105 cm³/mol. The molecule has 4 nitrogen and oxygen atoms in total. The lowest BCUT2D eigenvalue weighted by atomic mass is 10.2. The minimum atomic E-state index is 0.0366. The summed E-state index contributed by atoms with van der Waals surface area (Å²) >= 11 is 1.69. The van der Waals surface area contributed by atoms with E-state index in [0.717, 1.165) is 41.2 Å². The van der Waals surface area contributed by atoms with Gasteiger partial charge >= 0.3 is 0 Å². The fourth-order valence-corrected chi connectivity index (χ4v) is 4.44. The molecule has 1 aliphatic rings. The van der Waals surface area contributed by atoms with Gasteiger partial charge in [0.2, 0.25) is 5.91 Å². The van der Waals surface area contributed by atoms with E-state index in [0.29, 0.717) is 0 Å². The molecule has 1 atom stereocenters. The summed E-state index contributed by atoms with van der Waals surface area (Å²) in [6, 6.07) is 15.9. The number of ether oxygens (including phenoxy) is 1.